The fourth-order valence-electron chi connectivity index (χ4n) is 2.99. The number of ether oxygens (including phenoxy) is 1. The molecule has 0 saturated heterocycles. The first-order valence-electron chi connectivity index (χ1n) is 7.12. The molecule has 0 fully saturated rings. The van der Waals surface area contributed by atoms with Crippen molar-refractivity contribution in [2.75, 3.05) is 0 Å². The Morgan fingerprint density at radius 2 is 1.91 bits per heavy atom. The molecule has 1 aliphatic rings. The number of aryl methyl sites for hydroxylation is 1. The summed E-state index contributed by atoms with van der Waals surface area (Å²) in [6.07, 6.45) is -4.46. The first-order chi connectivity index (χ1) is 10.9. The highest BCUT2D eigenvalue weighted by molar-refractivity contribution is 5.70. The lowest BCUT2D eigenvalue weighted by atomic mass is 9.96. The molecule has 2 aromatic carbocycles. The van der Waals surface area contributed by atoms with Gasteiger partial charge in [0.25, 0.3) is 0 Å². The van der Waals surface area contributed by atoms with Crippen LogP contribution in [0.25, 0.3) is 11.1 Å². The van der Waals surface area contributed by atoms with Crippen molar-refractivity contribution in [2.24, 2.45) is 5.73 Å². The minimum Gasteiger partial charge on any atom is -0.441 e. The molecular formula is C17H14F3NO2. The van der Waals surface area contributed by atoms with Gasteiger partial charge < -0.3 is 10.5 Å². The molecule has 0 spiro atoms. The molecule has 1 unspecified atom stereocenters. The number of alkyl halides is 3. The number of nitrogens with two attached hydrogens (primary N) is 1. The predicted molar refractivity (Wildman–Crippen MR) is 78.6 cm³/mol. The molecule has 0 heterocycles. The van der Waals surface area contributed by atoms with Crippen molar-refractivity contribution in [3.05, 3.63) is 59.2 Å². The van der Waals surface area contributed by atoms with Crippen LogP contribution >= 0.6 is 0 Å². The summed E-state index contributed by atoms with van der Waals surface area (Å²) in [6.45, 7) is 0. The van der Waals surface area contributed by atoms with E-state index in [0.717, 1.165) is 17.2 Å². The second-order valence-corrected chi connectivity index (χ2v) is 5.42. The summed E-state index contributed by atoms with van der Waals surface area (Å²) in [6, 6.07) is 10.5. The van der Waals surface area contributed by atoms with Crippen LogP contribution in [0.4, 0.5) is 18.0 Å². The summed E-state index contributed by atoms with van der Waals surface area (Å²) in [4.78, 5) is 10.9. The van der Waals surface area contributed by atoms with E-state index in [1.807, 2.05) is 0 Å². The van der Waals surface area contributed by atoms with Gasteiger partial charge in [-0.2, -0.15) is 13.2 Å². The quantitative estimate of drug-likeness (QED) is 0.888. The van der Waals surface area contributed by atoms with Crippen LogP contribution < -0.4 is 5.73 Å². The number of hydrogen-bond donors (Lipinski definition) is 1. The molecule has 1 amide bonds. The lowest BCUT2D eigenvalue weighted by Gasteiger charge is -2.15. The summed E-state index contributed by atoms with van der Waals surface area (Å²) >= 11 is 0. The van der Waals surface area contributed by atoms with Crippen LogP contribution in [0, 0.1) is 0 Å². The Morgan fingerprint density at radius 1 is 1.17 bits per heavy atom. The first-order valence-corrected chi connectivity index (χ1v) is 7.12. The Balaban J connectivity index is 2.00. The third-order valence-electron chi connectivity index (χ3n) is 3.97. The Labute approximate surface area is 130 Å². The van der Waals surface area contributed by atoms with Crippen molar-refractivity contribution in [1.29, 1.82) is 0 Å². The van der Waals surface area contributed by atoms with Crippen molar-refractivity contribution in [1.82, 2.24) is 0 Å². The Kier molecular flexibility index (Phi) is 3.75. The molecule has 0 aromatic heterocycles. The van der Waals surface area contributed by atoms with Crippen molar-refractivity contribution >= 4 is 6.09 Å². The molecule has 3 rings (SSSR count). The summed E-state index contributed by atoms with van der Waals surface area (Å²) in [5.74, 6) is 0. The molecule has 3 nitrogen and oxygen atoms in total. The molecule has 0 bridgehead atoms. The fourth-order valence-corrected chi connectivity index (χ4v) is 2.99. The molecule has 2 aromatic rings. The summed E-state index contributed by atoms with van der Waals surface area (Å²) < 4.78 is 44.4. The zero-order valence-corrected chi connectivity index (χ0v) is 12.1. The standard InChI is InChI=1S/C17H14F3NO2/c18-17(19,20)14-4-2-1-3-12(14)10-5-7-13-11(9-10)6-8-15(13)23-16(21)22/h1-5,7,9,15H,6,8H2,(H2,21,22). The van der Waals surface area contributed by atoms with Gasteiger partial charge in [0.05, 0.1) is 5.56 Å². The molecular weight excluding hydrogens is 307 g/mol. The Hall–Kier alpha value is -2.50. The smallest absolute Gasteiger partial charge is 0.417 e. The van der Waals surface area contributed by atoms with E-state index in [0.29, 0.717) is 18.4 Å². The largest absolute Gasteiger partial charge is 0.441 e. The summed E-state index contributed by atoms with van der Waals surface area (Å²) in [5.41, 5.74) is 6.69. The van der Waals surface area contributed by atoms with E-state index < -0.39 is 23.9 Å². The van der Waals surface area contributed by atoms with Gasteiger partial charge in [-0.25, -0.2) is 4.79 Å². The van der Waals surface area contributed by atoms with Gasteiger partial charge in [0.2, 0.25) is 0 Å². The summed E-state index contributed by atoms with van der Waals surface area (Å²) in [5, 5.41) is 0. The Bertz CT molecular complexity index is 756. The van der Waals surface area contributed by atoms with E-state index in [2.05, 4.69) is 0 Å². The van der Waals surface area contributed by atoms with E-state index in [4.69, 9.17) is 10.5 Å². The van der Waals surface area contributed by atoms with Gasteiger partial charge >= 0.3 is 12.3 Å². The van der Waals surface area contributed by atoms with Crippen LogP contribution in [-0.2, 0) is 17.3 Å². The number of hydrogen-bond acceptors (Lipinski definition) is 2. The lowest BCUT2D eigenvalue weighted by Crippen LogP contribution is -2.15. The zero-order valence-electron chi connectivity index (χ0n) is 12.1. The van der Waals surface area contributed by atoms with Gasteiger partial charge in [-0.1, -0.05) is 36.4 Å². The fraction of sp³-hybridized carbons (Fsp3) is 0.235. The van der Waals surface area contributed by atoms with Crippen LogP contribution in [0.1, 0.15) is 29.2 Å². The maximum absolute atomic E-state index is 13.1. The van der Waals surface area contributed by atoms with Crippen molar-refractivity contribution in [3.63, 3.8) is 0 Å². The normalized spacial score (nSPS) is 16.9. The maximum Gasteiger partial charge on any atom is 0.417 e. The van der Waals surface area contributed by atoms with E-state index in [1.54, 1.807) is 24.3 Å². The van der Waals surface area contributed by atoms with Crippen LogP contribution in [0.2, 0.25) is 0 Å². The van der Waals surface area contributed by atoms with Gasteiger partial charge in [-0.15, -0.1) is 0 Å². The van der Waals surface area contributed by atoms with Crippen molar-refractivity contribution in [3.8, 4) is 11.1 Å². The van der Waals surface area contributed by atoms with Crippen molar-refractivity contribution < 1.29 is 22.7 Å². The highest BCUT2D eigenvalue weighted by Gasteiger charge is 2.33. The SMILES string of the molecule is NC(=O)OC1CCc2cc(-c3ccccc3C(F)(F)F)ccc21. The monoisotopic (exact) mass is 321 g/mol. The van der Waals surface area contributed by atoms with Crippen LogP contribution in [0.15, 0.2) is 42.5 Å². The topological polar surface area (TPSA) is 52.3 Å². The highest BCUT2D eigenvalue weighted by atomic mass is 19.4. The molecule has 120 valence electrons. The van der Waals surface area contributed by atoms with Gasteiger partial charge in [0.1, 0.15) is 6.10 Å². The number of primary amides is 1. The maximum atomic E-state index is 13.1. The van der Waals surface area contributed by atoms with Crippen molar-refractivity contribution in [2.45, 2.75) is 25.1 Å². The lowest BCUT2D eigenvalue weighted by molar-refractivity contribution is -0.137. The Morgan fingerprint density at radius 3 is 2.61 bits per heavy atom. The van der Waals surface area contributed by atoms with Crippen LogP contribution in [0.3, 0.4) is 0 Å². The molecule has 1 atom stereocenters. The average molecular weight is 321 g/mol. The number of carbonyl (C=O) groups excluding carboxylic acids is 1. The predicted octanol–water partition coefficient (Wildman–Crippen LogP) is 4.46. The number of benzene rings is 2. The number of halogens is 3. The number of amides is 1. The highest BCUT2D eigenvalue weighted by Crippen LogP contribution is 2.40. The third kappa shape index (κ3) is 3.02. The van der Waals surface area contributed by atoms with Crippen LogP contribution in [-0.4, -0.2) is 6.09 Å². The molecule has 0 radical (unpaired) electrons. The van der Waals surface area contributed by atoms with E-state index in [1.165, 1.54) is 12.1 Å². The van der Waals surface area contributed by atoms with Gasteiger partial charge in [0.15, 0.2) is 0 Å². The van der Waals surface area contributed by atoms with E-state index in [-0.39, 0.29) is 5.56 Å². The average Bonchev–Trinajstić information content (AvgIpc) is 2.88. The van der Waals surface area contributed by atoms with Crippen LogP contribution in [0.5, 0.6) is 0 Å². The van der Waals surface area contributed by atoms with Gasteiger partial charge in [0, 0.05) is 0 Å². The molecule has 1 aliphatic carbocycles. The second-order valence-electron chi connectivity index (χ2n) is 5.42. The van der Waals surface area contributed by atoms with Gasteiger partial charge in [-0.3, -0.25) is 0 Å². The van der Waals surface area contributed by atoms with Gasteiger partial charge in [-0.05, 0) is 41.2 Å². The molecule has 23 heavy (non-hydrogen) atoms. The summed E-state index contributed by atoms with van der Waals surface area (Å²) in [7, 11) is 0. The minimum atomic E-state index is -4.41. The molecule has 0 saturated carbocycles. The molecule has 2 N–H and O–H groups in total. The molecule has 0 aliphatic heterocycles. The number of carbonyl (C=O) groups is 1. The third-order valence-corrected chi connectivity index (χ3v) is 3.97. The zero-order chi connectivity index (χ0) is 16.6. The second kappa shape index (κ2) is 5.61. The van der Waals surface area contributed by atoms with E-state index in [9.17, 15) is 18.0 Å². The molecule has 6 heteroatoms. The van der Waals surface area contributed by atoms with E-state index >= 15 is 0 Å². The minimum absolute atomic E-state index is 0.141. The number of rotatable bonds is 2. The first kappa shape index (κ1) is 15.4. The number of fused-ring (bicyclic) bond motifs is 1.